The van der Waals surface area contributed by atoms with Crippen LogP contribution in [0.5, 0.6) is 0 Å². The molecule has 2 amide bonds. The first-order valence-electron chi connectivity index (χ1n) is 6.35. The maximum absolute atomic E-state index is 11.9. The number of carbonyl (C=O) groups is 2. The summed E-state index contributed by atoms with van der Waals surface area (Å²) in [6.45, 7) is 4.80. The number of rotatable bonds is 6. The largest absolute Gasteiger partial charge is 0.480 e. The van der Waals surface area contributed by atoms with Gasteiger partial charge in [-0.1, -0.05) is 13.8 Å². The van der Waals surface area contributed by atoms with E-state index >= 15 is 0 Å². The zero-order valence-corrected chi connectivity index (χ0v) is 11.8. The lowest BCUT2D eigenvalue weighted by molar-refractivity contribution is -0.137. The Kier molecular flexibility index (Phi) is 6.32. The van der Waals surface area contributed by atoms with Gasteiger partial charge in [0.25, 0.3) is 0 Å². The minimum atomic E-state index is -0.971. The second-order valence-corrected chi connectivity index (χ2v) is 6.40. The van der Waals surface area contributed by atoms with E-state index < -0.39 is 5.97 Å². The van der Waals surface area contributed by atoms with E-state index in [9.17, 15) is 9.59 Å². The van der Waals surface area contributed by atoms with Gasteiger partial charge in [0.05, 0.1) is 0 Å². The van der Waals surface area contributed by atoms with Crippen LogP contribution in [0.3, 0.4) is 0 Å². The van der Waals surface area contributed by atoms with Gasteiger partial charge in [-0.05, 0) is 24.5 Å². The summed E-state index contributed by atoms with van der Waals surface area (Å²) < 4.78 is 0. The highest BCUT2D eigenvalue weighted by atomic mass is 32.2. The minimum Gasteiger partial charge on any atom is -0.480 e. The molecule has 0 bridgehead atoms. The summed E-state index contributed by atoms with van der Waals surface area (Å²) in [6.07, 6.45) is 2.34. The summed E-state index contributed by atoms with van der Waals surface area (Å²) in [5.74, 6) is 0.447. The number of aliphatic carboxylic acids is 1. The number of hydrogen-bond acceptors (Lipinski definition) is 3. The van der Waals surface area contributed by atoms with Crippen molar-refractivity contribution in [1.29, 1.82) is 0 Å². The molecule has 0 aromatic heterocycles. The Morgan fingerprint density at radius 3 is 2.72 bits per heavy atom. The molecule has 104 valence electrons. The summed E-state index contributed by atoms with van der Waals surface area (Å²) in [7, 11) is 0. The first kappa shape index (κ1) is 15.1. The molecule has 18 heavy (non-hydrogen) atoms. The van der Waals surface area contributed by atoms with Crippen LogP contribution >= 0.6 is 11.8 Å². The fraction of sp³-hybridized carbons (Fsp3) is 0.833. The van der Waals surface area contributed by atoms with E-state index in [4.69, 9.17) is 5.11 Å². The molecule has 1 heterocycles. The third-order valence-corrected chi connectivity index (χ3v) is 4.10. The van der Waals surface area contributed by atoms with Crippen molar-refractivity contribution in [3.8, 4) is 0 Å². The average Bonchev–Trinajstić information content (AvgIpc) is 2.76. The van der Waals surface area contributed by atoms with Gasteiger partial charge in [0.1, 0.15) is 6.54 Å². The summed E-state index contributed by atoms with van der Waals surface area (Å²) in [5, 5.41) is 12.1. The fourth-order valence-electron chi connectivity index (χ4n) is 1.94. The Morgan fingerprint density at radius 1 is 1.50 bits per heavy atom. The van der Waals surface area contributed by atoms with Crippen molar-refractivity contribution in [3.05, 3.63) is 0 Å². The van der Waals surface area contributed by atoms with Gasteiger partial charge in [-0.15, -0.1) is 0 Å². The molecule has 2 N–H and O–H groups in total. The standard InChI is InChI=1S/C12H22N2O3S/c1-9(2)7-14(8-11(15)16)12(17)13-6-10-4-3-5-18-10/h9-10H,3-8H2,1-2H3,(H,13,17)(H,15,16). The average molecular weight is 274 g/mol. The van der Waals surface area contributed by atoms with Gasteiger partial charge in [-0.2, -0.15) is 11.8 Å². The van der Waals surface area contributed by atoms with E-state index in [0.29, 0.717) is 18.3 Å². The molecule has 0 aliphatic carbocycles. The van der Waals surface area contributed by atoms with E-state index in [0.717, 1.165) is 12.2 Å². The summed E-state index contributed by atoms with van der Waals surface area (Å²) in [5.41, 5.74) is 0. The molecule has 1 rings (SSSR count). The number of amides is 2. The van der Waals surface area contributed by atoms with Gasteiger partial charge in [0.15, 0.2) is 0 Å². The first-order valence-corrected chi connectivity index (χ1v) is 7.40. The molecule has 1 aliphatic heterocycles. The maximum Gasteiger partial charge on any atom is 0.323 e. The Bertz CT molecular complexity index is 291. The lowest BCUT2D eigenvalue weighted by atomic mass is 10.2. The Hall–Kier alpha value is -0.910. The maximum atomic E-state index is 11.9. The van der Waals surface area contributed by atoms with Crippen molar-refractivity contribution < 1.29 is 14.7 Å². The van der Waals surface area contributed by atoms with Crippen LogP contribution in [0, 0.1) is 5.92 Å². The molecule has 6 heteroatoms. The van der Waals surface area contributed by atoms with Crippen LogP contribution in [0.4, 0.5) is 4.79 Å². The quantitative estimate of drug-likeness (QED) is 0.772. The fourth-order valence-corrected chi connectivity index (χ4v) is 3.14. The Labute approximate surface area is 112 Å². The highest BCUT2D eigenvalue weighted by Gasteiger charge is 2.20. The topological polar surface area (TPSA) is 69.6 Å². The molecule has 0 spiro atoms. The molecule has 1 atom stereocenters. The predicted octanol–water partition coefficient (Wildman–Crippen LogP) is 1.63. The van der Waals surface area contributed by atoms with E-state index in [1.165, 1.54) is 11.3 Å². The van der Waals surface area contributed by atoms with Crippen LogP contribution in [0.2, 0.25) is 0 Å². The normalized spacial score (nSPS) is 18.9. The molecule has 0 aromatic carbocycles. The summed E-state index contributed by atoms with van der Waals surface area (Å²) in [4.78, 5) is 24.0. The van der Waals surface area contributed by atoms with Crippen LogP contribution in [0.1, 0.15) is 26.7 Å². The predicted molar refractivity (Wildman–Crippen MR) is 72.9 cm³/mol. The summed E-state index contributed by atoms with van der Waals surface area (Å²) in [6, 6.07) is -0.265. The number of carboxylic acid groups (broad SMARTS) is 1. The third-order valence-electron chi connectivity index (χ3n) is 2.70. The van der Waals surface area contributed by atoms with Gasteiger partial charge in [0.2, 0.25) is 0 Å². The molecule has 0 aromatic rings. The third kappa shape index (κ3) is 5.62. The second kappa shape index (κ2) is 7.51. The molecular formula is C12H22N2O3S. The lowest BCUT2D eigenvalue weighted by Gasteiger charge is -2.23. The number of hydrogen-bond donors (Lipinski definition) is 2. The number of carboxylic acids is 1. The zero-order valence-electron chi connectivity index (χ0n) is 11.0. The number of nitrogens with one attached hydrogen (secondary N) is 1. The molecule has 0 saturated carbocycles. The van der Waals surface area contributed by atoms with Crippen LogP contribution in [-0.4, -0.2) is 52.6 Å². The van der Waals surface area contributed by atoms with Crippen LogP contribution < -0.4 is 5.32 Å². The molecule has 1 saturated heterocycles. The zero-order chi connectivity index (χ0) is 13.5. The van der Waals surface area contributed by atoms with Crippen molar-refractivity contribution >= 4 is 23.8 Å². The second-order valence-electron chi connectivity index (χ2n) is 4.99. The number of urea groups is 1. The molecule has 5 nitrogen and oxygen atoms in total. The summed E-state index contributed by atoms with van der Waals surface area (Å²) >= 11 is 1.87. The smallest absolute Gasteiger partial charge is 0.323 e. The molecular weight excluding hydrogens is 252 g/mol. The highest BCUT2D eigenvalue weighted by Crippen LogP contribution is 2.25. The van der Waals surface area contributed by atoms with Gasteiger partial charge in [-0.3, -0.25) is 4.79 Å². The molecule has 1 aliphatic rings. The van der Waals surface area contributed by atoms with E-state index in [1.54, 1.807) is 0 Å². The van der Waals surface area contributed by atoms with Gasteiger partial charge in [-0.25, -0.2) is 4.79 Å². The van der Waals surface area contributed by atoms with Crippen molar-refractivity contribution in [2.45, 2.75) is 31.9 Å². The van der Waals surface area contributed by atoms with Crippen molar-refractivity contribution in [3.63, 3.8) is 0 Å². The van der Waals surface area contributed by atoms with Gasteiger partial charge < -0.3 is 15.3 Å². The number of thioether (sulfide) groups is 1. The van der Waals surface area contributed by atoms with Crippen LogP contribution in [0.25, 0.3) is 0 Å². The van der Waals surface area contributed by atoms with Crippen molar-refractivity contribution in [2.75, 3.05) is 25.4 Å². The molecule has 0 radical (unpaired) electrons. The minimum absolute atomic E-state index is 0.234. The monoisotopic (exact) mass is 274 g/mol. The van der Waals surface area contributed by atoms with E-state index in [-0.39, 0.29) is 18.5 Å². The van der Waals surface area contributed by atoms with Crippen molar-refractivity contribution in [2.24, 2.45) is 5.92 Å². The molecule has 1 unspecified atom stereocenters. The number of carbonyl (C=O) groups excluding carboxylic acids is 1. The Balaban J connectivity index is 2.39. The Morgan fingerprint density at radius 2 is 2.22 bits per heavy atom. The number of nitrogens with zero attached hydrogens (tertiary/aromatic N) is 1. The first-order chi connectivity index (χ1) is 8.49. The van der Waals surface area contributed by atoms with E-state index in [2.05, 4.69) is 5.32 Å². The SMILES string of the molecule is CC(C)CN(CC(=O)O)C(=O)NCC1CCCS1. The van der Waals surface area contributed by atoms with Crippen LogP contribution in [0.15, 0.2) is 0 Å². The van der Waals surface area contributed by atoms with Gasteiger partial charge >= 0.3 is 12.0 Å². The highest BCUT2D eigenvalue weighted by molar-refractivity contribution is 8.00. The lowest BCUT2D eigenvalue weighted by Crippen LogP contribution is -2.45. The van der Waals surface area contributed by atoms with Crippen molar-refractivity contribution in [1.82, 2.24) is 10.2 Å². The molecule has 1 fully saturated rings. The van der Waals surface area contributed by atoms with Gasteiger partial charge in [0, 0.05) is 18.3 Å². The van der Waals surface area contributed by atoms with Crippen LogP contribution in [-0.2, 0) is 4.79 Å². The van der Waals surface area contributed by atoms with E-state index in [1.807, 2.05) is 25.6 Å².